The average Bonchev–Trinajstić information content (AvgIpc) is 2.87. The van der Waals surface area contributed by atoms with Gasteiger partial charge in [0.15, 0.2) is 0 Å². The average molecular weight is 285 g/mol. The fraction of sp³-hybridized carbons (Fsp3) is 0.267. The number of carbonyl (C=O) groups excluding carboxylic acids is 1. The Morgan fingerprint density at radius 1 is 1.38 bits per heavy atom. The SMILES string of the molecule is CCOC(=O)c1cnn(C)c1COc1ccc(C#N)cc1. The van der Waals surface area contributed by atoms with E-state index in [1.165, 1.54) is 6.20 Å². The lowest BCUT2D eigenvalue weighted by Crippen LogP contribution is -2.11. The third kappa shape index (κ3) is 3.39. The van der Waals surface area contributed by atoms with Crippen LogP contribution in [-0.4, -0.2) is 22.4 Å². The highest BCUT2D eigenvalue weighted by molar-refractivity contribution is 5.90. The Balaban J connectivity index is 2.10. The van der Waals surface area contributed by atoms with Gasteiger partial charge in [0.05, 0.1) is 30.1 Å². The van der Waals surface area contributed by atoms with E-state index < -0.39 is 5.97 Å². The number of nitriles is 1. The van der Waals surface area contributed by atoms with Crippen LogP contribution in [0.25, 0.3) is 0 Å². The summed E-state index contributed by atoms with van der Waals surface area (Å²) >= 11 is 0. The Labute approximate surface area is 122 Å². The number of nitrogens with zero attached hydrogens (tertiary/aromatic N) is 3. The van der Waals surface area contributed by atoms with Crippen molar-refractivity contribution in [3.05, 3.63) is 47.3 Å². The van der Waals surface area contributed by atoms with Crippen molar-refractivity contribution in [3.8, 4) is 11.8 Å². The van der Waals surface area contributed by atoms with Gasteiger partial charge in [0.1, 0.15) is 17.9 Å². The highest BCUT2D eigenvalue weighted by Gasteiger charge is 2.17. The molecule has 2 aromatic rings. The highest BCUT2D eigenvalue weighted by Crippen LogP contribution is 2.16. The summed E-state index contributed by atoms with van der Waals surface area (Å²) in [6.45, 7) is 2.25. The molecule has 0 aliphatic rings. The second kappa shape index (κ2) is 6.57. The van der Waals surface area contributed by atoms with Gasteiger partial charge >= 0.3 is 5.97 Å². The van der Waals surface area contributed by atoms with Crippen LogP contribution in [0.4, 0.5) is 0 Å². The normalized spacial score (nSPS) is 9.95. The molecule has 1 heterocycles. The number of aromatic nitrogens is 2. The van der Waals surface area contributed by atoms with Crippen molar-refractivity contribution in [2.45, 2.75) is 13.5 Å². The molecule has 0 spiro atoms. The molecule has 0 saturated carbocycles. The maximum Gasteiger partial charge on any atom is 0.341 e. The molecule has 108 valence electrons. The molecule has 0 fully saturated rings. The predicted octanol–water partition coefficient (Wildman–Crippen LogP) is 2.05. The van der Waals surface area contributed by atoms with Crippen LogP contribution in [0.1, 0.15) is 28.5 Å². The Bertz CT molecular complexity index is 668. The quantitative estimate of drug-likeness (QED) is 0.786. The molecular formula is C15H15N3O3. The summed E-state index contributed by atoms with van der Waals surface area (Å²) in [5.74, 6) is 0.203. The molecule has 1 aromatic carbocycles. The largest absolute Gasteiger partial charge is 0.487 e. The van der Waals surface area contributed by atoms with Crippen LogP contribution in [0, 0.1) is 11.3 Å². The molecule has 2 rings (SSSR count). The van der Waals surface area contributed by atoms with Gasteiger partial charge in [-0.2, -0.15) is 10.4 Å². The topological polar surface area (TPSA) is 77.1 Å². The lowest BCUT2D eigenvalue weighted by molar-refractivity contribution is 0.0523. The van der Waals surface area contributed by atoms with Crippen molar-refractivity contribution < 1.29 is 14.3 Å². The molecule has 6 nitrogen and oxygen atoms in total. The zero-order valence-corrected chi connectivity index (χ0v) is 11.9. The van der Waals surface area contributed by atoms with E-state index in [9.17, 15) is 4.79 Å². The number of ether oxygens (including phenoxy) is 2. The molecular weight excluding hydrogens is 270 g/mol. The van der Waals surface area contributed by atoms with Crippen LogP contribution in [0.3, 0.4) is 0 Å². The van der Waals surface area contributed by atoms with Crippen molar-refractivity contribution in [2.24, 2.45) is 7.05 Å². The minimum atomic E-state index is -0.413. The highest BCUT2D eigenvalue weighted by atomic mass is 16.5. The molecule has 0 bridgehead atoms. The molecule has 0 atom stereocenters. The minimum absolute atomic E-state index is 0.191. The van der Waals surface area contributed by atoms with Gasteiger partial charge in [-0.25, -0.2) is 4.79 Å². The lowest BCUT2D eigenvalue weighted by atomic mass is 10.2. The number of carbonyl (C=O) groups is 1. The molecule has 0 aliphatic carbocycles. The molecule has 0 N–H and O–H groups in total. The molecule has 0 unspecified atom stereocenters. The van der Waals surface area contributed by atoms with Crippen molar-refractivity contribution >= 4 is 5.97 Å². The van der Waals surface area contributed by atoms with Gasteiger partial charge in [-0.3, -0.25) is 4.68 Å². The van der Waals surface area contributed by atoms with E-state index in [4.69, 9.17) is 14.7 Å². The zero-order valence-electron chi connectivity index (χ0n) is 11.9. The summed E-state index contributed by atoms with van der Waals surface area (Å²) in [7, 11) is 1.74. The first-order valence-electron chi connectivity index (χ1n) is 6.46. The van der Waals surface area contributed by atoms with E-state index in [0.717, 1.165) is 0 Å². The van der Waals surface area contributed by atoms with E-state index in [1.807, 2.05) is 6.07 Å². The fourth-order valence-electron chi connectivity index (χ4n) is 1.79. The van der Waals surface area contributed by atoms with Crippen LogP contribution in [-0.2, 0) is 18.4 Å². The summed E-state index contributed by atoms with van der Waals surface area (Å²) in [5.41, 5.74) is 1.60. The van der Waals surface area contributed by atoms with Crippen LogP contribution in [0.15, 0.2) is 30.5 Å². The molecule has 0 aliphatic heterocycles. The van der Waals surface area contributed by atoms with E-state index in [2.05, 4.69) is 5.10 Å². The maximum absolute atomic E-state index is 11.8. The van der Waals surface area contributed by atoms with Gasteiger partial charge in [0, 0.05) is 7.05 Å². The zero-order chi connectivity index (χ0) is 15.2. The first-order valence-corrected chi connectivity index (χ1v) is 6.46. The molecule has 0 saturated heterocycles. The second-order valence-electron chi connectivity index (χ2n) is 4.27. The van der Waals surface area contributed by atoms with Crippen LogP contribution >= 0.6 is 0 Å². The van der Waals surface area contributed by atoms with Crippen molar-refractivity contribution in [3.63, 3.8) is 0 Å². The Morgan fingerprint density at radius 3 is 2.71 bits per heavy atom. The van der Waals surface area contributed by atoms with Gasteiger partial charge < -0.3 is 9.47 Å². The van der Waals surface area contributed by atoms with Crippen molar-refractivity contribution in [1.82, 2.24) is 9.78 Å². The number of rotatable bonds is 5. The number of benzene rings is 1. The monoisotopic (exact) mass is 285 g/mol. The summed E-state index contributed by atoms with van der Waals surface area (Å²) in [4.78, 5) is 11.8. The van der Waals surface area contributed by atoms with Gasteiger partial charge in [0.2, 0.25) is 0 Å². The van der Waals surface area contributed by atoms with E-state index in [1.54, 1.807) is 42.9 Å². The second-order valence-corrected chi connectivity index (χ2v) is 4.27. The summed E-state index contributed by atoms with van der Waals surface area (Å²) in [6, 6.07) is 8.80. The van der Waals surface area contributed by atoms with Crippen LogP contribution in [0.2, 0.25) is 0 Å². The van der Waals surface area contributed by atoms with Gasteiger partial charge in [-0.05, 0) is 31.2 Å². The summed E-state index contributed by atoms with van der Waals surface area (Å²) < 4.78 is 12.2. The molecule has 0 radical (unpaired) electrons. The Morgan fingerprint density at radius 2 is 2.10 bits per heavy atom. The first kappa shape index (κ1) is 14.6. The minimum Gasteiger partial charge on any atom is -0.487 e. The van der Waals surface area contributed by atoms with Gasteiger partial charge in [-0.1, -0.05) is 0 Å². The number of aryl methyl sites for hydroxylation is 1. The van der Waals surface area contributed by atoms with Crippen LogP contribution < -0.4 is 4.74 Å². The number of hydrogen-bond acceptors (Lipinski definition) is 5. The molecule has 6 heteroatoms. The molecule has 21 heavy (non-hydrogen) atoms. The molecule has 1 aromatic heterocycles. The van der Waals surface area contributed by atoms with Crippen molar-refractivity contribution in [2.75, 3.05) is 6.61 Å². The number of esters is 1. The molecule has 0 amide bonds. The third-order valence-corrected chi connectivity index (χ3v) is 2.92. The standard InChI is InChI=1S/C15H15N3O3/c1-3-20-15(19)13-9-17-18(2)14(13)10-21-12-6-4-11(8-16)5-7-12/h4-7,9H,3,10H2,1-2H3. The Hall–Kier alpha value is -2.81. The first-order chi connectivity index (χ1) is 10.2. The van der Waals surface area contributed by atoms with Crippen molar-refractivity contribution in [1.29, 1.82) is 5.26 Å². The predicted molar refractivity (Wildman–Crippen MR) is 74.7 cm³/mol. The van der Waals surface area contributed by atoms with Gasteiger partial charge in [-0.15, -0.1) is 0 Å². The summed E-state index contributed by atoms with van der Waals surface area (Å²) in [5, 5.41) is 12.8. The van der Waals surface area contributed by atoms with E-state index in [-0.39, 0.29) is 6.61 Å². The Kier molecular flexibility index (Phi) is 4.57. The van der Waals surface area contributed by atoms with E-state index in [0.29, 0.717) is 29.2 Å². The smallest absolute Gasteiger partial charge is 0.341 e. The number of hydrogen-bond donors (Lipinski definition) is 0. The lowest BCUT2D eigenvalue weighted by Gasteiger charge is -2.08. The fourth-order valence-corrected chi connectivity index (χ4v) is 1.79. The maximum atomic E-state index is 11.8. The van der Waals surface area contributed by atoms with E-state index >= 15 is 0 Å². The van der Waals surface area contributed by atoms with Crippen LogP contribution in [0.5, 0.6) is 5.75 Å². The van der Waals surface area contributed by atoms with Gasteiger partial charge in [0.25, 0.3) is 0 Å². The third-order valence-electron chi connectivity index (χ3n) is 2.92. The summed E-state index contributed by atoms with van der Waals surface area (Å²) in [6.07, 6.45) is 1.47.